The summed E-state index contributed by atoms with van der Waals surface area (Å²) >= 11 is 0. The van der Waals surface area contributed by atoms with E-state index in [1.165, 1.54) is 4.90 Å². The highest BCUT2D eigenvalue weighted by Gasteiger charge is 2.69. The van der Waals surface area contributed by atoms with Crippen LogP contribution in [0.1, 0.15) is 92.6 Å². The number of phenols is 1. The largest absolute Gasteiger partial charge is 0.507 e. The van der Waals surface area contributed by atoms with E-state index in [1.807, 2.05) is 12.1 Å². The summed E-state index contributed by atoms with van der Waals surface area (Å²) in [7, 11) is 3.16. The number of carbonyl (C=O) groups excluding carboxylic acids is 5. The molecule has 1 aromatic rings. The third kappa shape index (κ3) is 4.64. The summed E-state index contributed by atoms with van der Waals surface area (Å²) in [5.74, 6) is -8.75. The van der Waals surface area contributed by atoms with E-state index in [-0.39, 0.29) is 23.7 Å². The second kappa shape index (κ2) is 11.3. The van der Waals surface area contributed by atoms with Crippen LogP contribution in [0.15, 0.2) is 12.1 Å². The van der Waals surface area contributed by atoms with Crippen LogP contribution in [-0.4, -0.2) is 69.9 Å². The molecule has 0 radical (unpaired) electrons. The topological polar surface area (TPSA) is 155 Å². The Balaban J connectivity index is 1.55. The fourth-order valence-electron chi connectivity index (χ4n) is 8.65. The van der Waals surface area contributed by atoms with Gasteiger partial charge in [-0.15, -0.1) is 0 Å². The number of nitrogens with zero attached hydrogens (tertiary/aromatic N) is 1. The lowest BCUT2D eigenvalue weighted by Crippen LogP contribution is -2.74. The SMILES string of the molecule is CCCCC(c1ccc2c(c1O)C(=O)C1C(=O)[C@]3(O)C(=O)C(C(N)=O)C(=O)[C@@H](N(C)C)[C@@H]3C[C@@H]1C2)C1CCC(C)CC1. The van der Waals surface area contributed by atoms with Crippen LogP contribution in [0.25, 0.3) is 0 Å². The number of primary amides is 1. The molecule has 228 valence electrons. The number of ketones is 4. The molecule has 0 heterocycles. The van der Waals surface area contributed by atoms with Gasteiger partial charge in [0.15, 0.2) is 34.7 Å². The molecule has 0 spiro atoms. The van der Waals surface area contributed by atoms with Gasteiger partial charge in [0.05, 0.1) is 17.5 Å². The molecule has 9 nitrogen and oxygen atoms in total. The van der Waals surface area contributed by atoms with Crippen LogP contribution in [0.4, 0.5) is 0 Å². The van der Waals surface area contributed by atoms with Gasteiger partial charge in [-0.25, -0.2) is 0 Å². The van der Waals surface area contributed by atoms with Crippen molar-refractivity contribution >= 4 is 29.0 Å². The van der Waals surface area contributed by atoms with Crippen LogP contribution >= 0.6 is 0 Å². The number of unbranched alkanes of at least 4 members (excludes halogenated alkanes) is 1. The van der Waals surface area contributed by atoms with E-state index in [0.717, 1.165) is 50.5 Å². The number of benzene rings is 1. The van der Waals surface area contributed by atoms with Gasteiger partial charge in [0.1, 0.15) is 5.75 Å². The molecule has 0 saturated heterocycles. The molecule has 1 aromatic carbocycles. The number of nitrogens with two attached hydrogens (primary N) is 1. The smallest absolute Gasteiger partial charge is 0.235 e. The summed E-state index contributed by atoms with van der Waals surface area (Å²) in [5, 5.41) is 23.5. The van der Waals surface area contributed by atoms with Gasteiger partial charge in [-0.3, -0.25) is 28.9 Å². The van der Waals surface area contributed by atoms with Gasteiger partial charge in [0.25, 0.3) is 0 Å². The Morgan fingerprint density at radius 1 is 1.10 bits per heavy atom. The van der Waals surface area contributed by atoms with Gasteiger partial charge in [-0.1, -0.05) is 51.7 Å². The number of likely N-dealkylation sites (N-methyl/N-ethyl adjacent to an activating group) is 1. The van der Waals surface area contributed by atoms with Gasteiger partial charge >= 0.3 is 0 Å². The monoisotopic (exact) mass is 580 g/mol. The van der Waals surface area contributed by atoms with Crippen LogP contribution in [0.3, 0.4) is 0 Å². The molecule has 7 atom stereocenters. The van der Waals surface area contributed by atoms with Gasteiger partial charge < -0.3 is 15.9 Å². The van der Waals surface area contributed by atoms with Gasteiger partial charge in [0.2, 0.25) is 5.91 Å². The Bertz CT molecular complexity index is 1310. The molecule has 9 heteroatoms. The van der Waals surface area contributed by atoms with Crippen LogP contribution in [-0.2, 0) is 25.6 Å². The molecular formula is C33H44N2O7. The Labute approximate surface area is 247 Å². The first-order chi connectivity index (χ1) is 19.8. The van der Waals surface area contributed by atoms with E-state index in [0.29, 0.717) is 23.8 Å². The Morgan fingerprint density at radius 2 is 1.76 bits per heavy atom. The number of fused-ring (bicyclic) bond motifs is 3. The first-order valence-electron chi connectivity index (χ1n) is 15.5. The molecule has 3 fully saturated rings. The zero-order valence-electron chi connectivity index (χ0n) is 25.1. The van der Waals surface area contributed by atoms with Crippen molar-refractivity contribution in [2.24, 2.45) is 41.2 Å². The molecule has 3 unspecified atom stereocenters. The molecule has 3 saturated carbocycles. The molecule has 0 bridgehead atoms. The van der Waals surface area contributed by atoms with Gasteiger partial charge in [0, 0.05) is 5.92 Å². The van der Waals surface area contributed by atoms with E-state index in [2.05, 4.69) is 13.8 Å². The van der Waals surface area contributed by atoms with E-state index >= 15 is 0 Å². The maximum atomic E-state index is 14.1. The van der Waals surface area contributed by atoms with Crippen molar-refractivity contribution in [2.75, 3.05) is 14.1 Å². The molecule has 4 aliphatic carbocycles. The highest BCUT2D eigenvalue weighted by molar-refractivity contribution is 6.32. The Hall–Kier alpha value is -2.91. The second-order valence-electron chi connectivity index (χ2n) is 13.6. The van der Waals surface area contributed by atoms with Gasteiger partial charge in [-0.05, 0) is 81.0 Å². The van der Waals surface area contributed by atoms with Crippen molar-refractivity contribution < 1.29 is 34.2 Å². The number of aliphatic hydroxyl groups is 1. The molecule has 4 N–H and O–H groups in total. The predicted molar refractivity (Wildman–Crippen MR) is 155 cm³/mol. The zero-order valence-corrected chi connectivity index (χ0v) is 25.1. The van der Waals surface area contributed by atoms with E-state index in [1.54, 1.807) is 14.1 Å². The maximum Gasteiger partial charge on any atom is 0.235 e. The molecule has 0 aromatic heterocycles. The number of rotatable bonds is 7. The van der Waals surface area contributed by atoms with Crippen molar-refractivity contribution in [3.05, 3.63) is 28.8 Å². The normalized spacial score (nSPS) is 35.4. The lowest BCUT2D eigenvalue weighted by Gasteiger charge is -2.52. The molecule has 5 rings (SSSR count). The summed E-state index contributed by atoms with van der Waals surface area (Å²) in [6, 6.07) is 2.73. The number of carbonyl (C=O) groups is 5. The number of Topliss-reactive ketones (excluding diaryl/α,β-unsaturated/α-hetero) is 4. The minimum absolute atomic E-state index is 0.0613. The van der Waals surface area contributed by atoms with Crippen LogP contribution in [0.5, 0.6) is 5.75 Å². The fourth-order valence-corrected chi connectivity index (χ4v) is 8.65. The first kappa shape index (κ1) is 30.5. The highest BCUT2D eigenvalue weighted by Crippen LogP contribution is 2.52. The number of phenolic OH excluding ortho intramolecular Hbond substituents is 1. The summed E-state index contributed by atoms with van der Waals surface area (Å²) in [4.78, 5) is 68.6. The summed E-state index contributed by atoms with van der Waals surface area (Å²) in [6.07, 6.45) is 7.64. The van der Waals surface area contributed by atoms with Crippen LogP contribution in [0, 0.1) is 35.5 Å². The van der Waals surface area contributed by atoms with E-state index in [9.17, 15) is 34.2 Å². The van der Waals surface area contributed by atoms with Crippen LogP contribution < -0.4 is 5.73 Å². The maximum absolute atomic E-state index is 14.1. The van der Waals surface area contributed by atoms with Crippen molar-refractivity contribution in [3.63, 3.8) is 0 Å². The van der Waals surface area contributed by atoms with Crippen LogP contribution in [0.2, 0.25) is 0 Å². The third-order valence-corrected chi connectivity index (χ3v) is 10.9. The quantitative estimate of drug-likeness (QED) is 0.416. The van der Waals surface area contributed by atoms with Crippen molar-refractivity contribution in [2.45, 2.75) is 89.2 Å². The fraction of sp³-hybridized carbons (Fsp3) is 0.667. The first-order valence-corrected chi connectivity index (χ1v) is 15.5. The van der Waals surface area contributed by atoms with E-state index in [4.69, 9.17) is 5.73 Å². The predicted octanol–water partition coefficient (Wildman–Crippen LogP) is 2.97. The number of hydrogen-bond acceptors (Lipinski definition) is 8. The highest BCUT2D eigenvalue weighted by atomic mass is 16.3. The van der Waals surface area contributed by atoms with Gasteiger partial charge in [-0.2, -0.15) is 0 Å². The lowest BCUT2D eigenvalue weighted by molar-refractivity contribution is -0.181. The molecule has 0 aliphatic heterocycles. The Morgan fingerprint density at radius 3 is 2.36 bits per heavy atom. The van der Waals surface area contributed by atoms with E-state index < -0.39 is 64.4 Å². The minimum Gasteiger partial charge on any atom is -0.507 e. The Kier molecular flexibility index (Phi) is 8.22. The number of aromatic hydroxyl groups is 1. The summed E-state index contributed by atoms with van der Waals surface area (Å²) in [6.45, 7) is 4.40. The van der Waals surface area contributed by atoms with Crippen molar-refractivity contribution in [1.29, 1.82) is 0 Å². The zero-order chi connectivity index (χ0) is 30.7. The molecule has 42 heavy (non-hydrogen) atoms. The summed E-state index contributed by atoms with van der Waals surface area (Å²) in [5.41, 5.74) is 4.17. The second-order valence-corrected chi connectivity index (χ2v) is 13.6. The average Bonchev–Trinajstić information content (AvgIpc) is 2.92. The average molecular weight is 581 g/mol. The van der Waals surface area contributed by atoms with Crippen molar-refractivity contribution in [3.8, 4) is 5.75 Å². The minimum atomic E-state index is -2.70. The molecule has 4 aliphatic rings. The molecular weight excluding hydrogens is 536 g/mol. The standard InChI is InChI=1S/C33H44N2O7/c1-5-6-7-20(17-10-8-16(2)9-11-17)21-13-12-18-14-19-15-22-26(35(3)4)29(38)25(32(34)41)31(40)33(22,42)30(39)24(19)28(37)23(18)27(21)36/h12-13,16-17,19-20,22,24-26,36,42H,5-11,14-15H2,1-4H3,(H2,34,41)/t16?,17?,19-,20?,22-,24?,25?,26-,33-/m0/s1. The lowest BCUT2D eigenvalue weighted by atomic mass is 9.52. The number of hydrogen-bond donors (Lipinski definition) is 3. The number of amides is 1. The van der Waals surface area contributed by atoms with Crippen molar-refractivity contribution in [1.82, 2.24) is 4.90 Å². The summed E-state index contributed by atoms with van der Waals surface area (Å²) < 4.78 is 0. The third-order valence-electron chi connectivity index (χ3n) is 10.9. The molecule has 1 amide bonds.